The number of hydrogen-bond acceptors (Lipinski definition) is 2. The van der Waals surface area contributed by atoms with Crippen molar-refractivity contribution in [2.75, 3.05) is 14.1 Å². The Kier molecular flexibility index (Phi) is 3.88. The zero-order valence-corrected chi connectivity index (χ0v) is 9.90. The Bertz CT molecular complexity index is 330. The molecule has 1 unspecified atom stereocenters. The van der Waals surface area contributed by atoms with E-state index in [0.29, 0.717) is 0 Å². The van der Waals surface area contributed by atoms with E-state index in [0.717, 1.165) is 18.5 Å². The number of hydrogen-bond donors (Lipinski definition) is 0. The number of nitrogens with zero attached hydrogens (tertiary/aromatic N) is 3. The largest absolute Gasteiger partial charge is 0.347 e. The molecule has 0 radical (unpaired) electrons. The first-order valence-electron chi connectivity index (χ1n) is 5.31. The Morgan fingerprint density at radius 2 is 2.27 bits per heavy atom. The van der Waals surface area contributed by atoms with Gasteiger partial charge in [-0.3, -0.25) is 9.48 Å². The lowest BCUT2D eigenvalue weighted by Crippen LogP contribution is -2.31. The second-order valence-corrected chi connectivity index (χ2v) is 3.93. The van der Waals surface area contributed by atoms with Crippen molar-refractivity contribution in [3.8, 4) is 0 Å². The predicted octanol–water partition coefficient (Wildman–Crippen LogP) is 1.48. The zero-order valence-electron chi connectivity index (χ0n) is 9.90. The molecule has 84 valence electrons. The minimum atomic E-state index is -0.212. The number of carbonyl (C=O) groups excluding carboxylic acids is 1. The summed E-state index contributed by atoms with van der Waals surface area (Å²) in [5, 5.41) is 4.21. The third-order valence-corrected chi connectivity index (χ3v) is 2.42. The second-order valence-electron chi connectivity index (χ2n) is 3.93. The van der Waals surface area contributed by atoms with E-state index in [4.69, 9.17) is 0 Å². The molecule has 0 saturated heterocycles. The summed E-state index contributed by atoms with van der Waals surface area (Å²) in [4.78, 5) is 13.4. The lowest BCUT2D eigenvalue weighted by Gasteiger charge is -2.19. The number of aromatic nitrogens is 2. The third kappa shape index (κ3) is 2.58. The lowest BCUT2D eigenvalue weighted by molar-refractivity contribution is -0.132. The Morgan fingerprint density at radius 3 is 2.80 bits per heavy atom. The van der Waals surface area contributed by atoms with Gasteiger partial charge in [-0.1, -0.05) is 13.3 Å². The van der Waals surface area contributed by atoms with Crippen LogP contribution in [0.2, 0.25) is 0 Å². The van der Waals surface area contributed by atoms with E-state index in [9.17, 15) is 4.79 Å². The van der Waals surface area contributed by atoms with Gasteiger partial charge >= 0.3 is 0 Å². The van der Waals surface area contributed by atoms with Crippen LogP contribution in [-0.4, -0.2) is 34.7 Å². The first kappa shape index (κ1) is 11.8. The SMILES string of the molecule is CCCc1ccnn1C(C)C(=O)N(C)C. The smallest absolute Gasteiger partial charge is 0.246 e. The van der Waals surface area contributed by atoms with Crippen LogP contribution in [0.25, 0.3) is 0 Å². The van der Waals surface area contributed by atoms with E-state index in [-0.39, 0.29) is 11.9 Å². The maximum absolute atomic E-state index is 11.8. The molecule has 1 heterocycles. The summed E-state index contributed by atoms with van der Waals surface area (Å²) in [6.07, 6.45) is 3.78. The molecule has 0 fully saturated rings. The van der Waals surface area contributed by atoms with Gasteiger partial charge in [-0.05, 0) is 19.4 Å². The van der Waals surface area contributed by atoms with Crippen LogP contribution in [0.3, 0.4) is 0 Å². The van der Waals surface area contributed by atoms with Gasteiger partial charge in [0.1, 0.15) is 6.04 Å². The second kappa shape index (κ2) is 4.96. The molecule has 15 heavy (non-hydrogen) atoms. The van der Waals surface area contributed by atoms with E-state index in [1.165, 1.54) is 0 Å². The summed E-state index contributed by atoms with van der Waals surface area (Å²) in [5.41, 5.74) is 1.13. The maximum atomic E-state index is 11.8. The highest BCUT2D eigenvalue weighted by Gasteiger charge is 2.19. The minimum Gasteiger partial charge on any atom is -0.347 e. The highest BCUT2D eigenvalue weighted by Crippen LogP contribution is 2.12. The van der Waals surface area contributed by atoms with Crippen LogP contribution < -0.4 is 0 Å². The summed E-state index contributed by atoms with van der Waals surface area (Å²) in [7, 11) is 3.53. The molecule has 0 spiro atoms. The molecule has 0 aliphatic rings. The molecule has 0 bridgehead atoms. The summed E-state index contributed by atoms with van der Waals surface area (Å²) in [6, 6.07) is 1.76. The van der Waals surface area contributed by atoms with Gasteiger partial charge in [-0.15, -0.1) is 0 Å². The first-order valence-corrected chi connectivity index (χ1v) is 5.31. The molecule has 0 saturated carbocycles. The molecule has 1 aromatic rings. The zero-order chi connectivity index (χ0) is 11.4. The highest BCUT2D eigenvalue weighted by molar-refractivity contribution is 5.79. The molecular weight excluding hydrogens is 190 g/mol. The van der Waals surface area contributed by atoms with Crippen LogP contribution in [0, 0.1) is 0 Å². The third-order valence-electron chi connectivity index (χ3n) is 2.42. The van der Waals surface area contributed by atoms with Crippen molar-refractivity contribution in [3.63, 3.8) is 0 Å². The maximum Gasteiger partial charge on any atom is 0.246 e. The topological polar surface area (TPSA) is 38.1 Å². The average Bonchev–Trinajstić information content (AvgIpc) is 2.64. The quantitative estimate of drug-likeness (QED) is 0.753. The van der Waals surface area contributed by atoms with Crippen LogP contribution in [0.4, 0.5) is 0 Å². The number of likely N-dealkylation sites (N-methyl/N-ethyl adjacent to an activating group) is 1. The van der Waals surface area contributed by atoms with Crippen molar-refractivity contribution in [2.24, 2.45) is 0 Å². The summed E-state index contributed by atoms with van der Waals surface area (Å²) < 4.78 is 1.81. The average molecular weight is 209 g/mol. The van der Waals surface area contributed by atoms with E-state index in [1.807, 2.05) is 17.7 Å². The molecule has 4 heteroatoms. The molecule has 0 aliphatic heterocycles. The molecule has 0 N–H and O–H groups in total. The molecule has 0 aromatic carbocycles. The van der Waals surface area contributed by atoms with Crippen molar-refractivity contribution in [3.05, 3.63) is 18.0 Å². The van der Waals surface area contributed by atoms with E-state index < -0.39 is 0 Å². The van der Waals surface area contributed by atoms with E-state index in [1.54, 1.807) is 25.2 Å². The molecule has 1 amide bonds. The molecule has 1 aromatic heterocycles. The van der Waals surface area contributed by atoms with E-state index in [2.05, 4.69) is 12.0 Å². The Morgan fingerprint density at radius 1 is 1.60 bits per heavy atom. The lowest BCUT2D eigenvalue weighted by atomic mass is 10.2. The van der Waals surface area contributed by atoms with E-state index >= 15 is 0 Å². The molecule has 1 atom stereocenters. The van der Waals surface area contributed by atoms with Gasteiger partial charge in [0.25, 0.3) is 0 Å². The fraction of sp³-hybridized carbons (Fsp3) is 0.636. The number of aryl methyl sites for hydroxylation is 1. The Hall–Kier alpha value is -1.32. The van der Waals surface area contributed by atoms with Crippen LogP contribution in [0.1, 0.15) is 32.0 Å². The van der Waals surface area contributed by atoms with Crippen LogP contribution >= 0.6 is 0 Å². The van der Waals surface area contributed by atoms with Gasteiger partial charge in [0.2, 0.25) is 5.91 Å². The highest BCUT2D eigenvalue weighted by atomic mass is 16.2. The van der Waals surface area contributed by atoms with Gasteiger partial charge in [0, 0.05) is 26.0 Å². The van der Waals surface area contributed by atoms with Crippen LogP contribution in [0.5, 0.6) is 0 Å². The van der Waals surface area contributed by atoms with Gasteiger partial charge in [0.05, 0.1) is 0 Å². The fourth-order valence-corrected chi connectivity index (χ4v) is 1.62. The van der Waals surface area contributed by atoms with Crippen LogP contribution in [-0.2, 0) is 11.2 Å². The number of carbonyl (C=O) groups is 1. The molecule has 0 aliphatic carbocycles. The van der Waals surface area contributed by atoms with Crippen LogP contribution in [0.15, 0.2) is 12.3 Å². The van der Waals surface area contributed by atoms with Crippen molar-refractivity contribution < 1.29 is 4.79 Å². The number of rotatable bonds is 4. The monoisotopic (exact) mass is 209 g/mol. The fourth-order valence-electron chi connectivity index (χ4n) is 1.62. The van der Waals surface area contributed by atoms with Gasteiger partial charge in [0.15, 0.2) is 0 Å². The predicted molar refractivity (Wildman–Crippen MR) is 59.6 cm³/mol. The molecular formula is C11H19N3O. The molecule has 1 rings (SSSR count). The standard InChI is InChI=1S/C11H19N3O/c1-5-6-10-7-8-12-14(10)9(2)11(15)13(3)4/h7-9H,5-6H2,1-4H3. The minimum absolute atomic E-state index is 0.0797. The Labute approximate surface area is 90.9 Å². The normalized spacial score (nSPS) is 12.5. The molecule has 4 nitrogen and oxygen atoms in total. The first-order chi connectivity index (χ1) is 7.07. The summed E-state index contributed by atoms with van der Waals surface area (Å²) >= 11 is 0. The van der Waals surface area contributed by atoms with Gasteiger partial charge < -0.3 is 4.90 Å². The van der Waals surface area contributed by atoms with Gasteiger partial charge in [-0.2, -0.15) is 5.10 Å². The van der Waals surface area contributed by atoms with Crippen molar-refractivity contribution >= 4 is 5.91 Å². The summed E-state index contributed by atoms with van der Waals surface area (Å²) in [5.74, 6) is 0.0797. The van der Waals surface area contributed by atoms with Gasteiger partial charge in [-0.25, -0.2) is 0 Å². The number of amides is 1. The summed E-state index contributed by atoms with van der Waals surface area (Å²) in [6.45, 7) is 4.00. The van der Waals surface area contributed by atoms with Crippen molar-refractivity contribution in [1.82, 2.24) is 14.7 Å². The van der Waals surface area contributed by atoms with Crippen molar-refractivity contribution in [2.45, 2.75) is 32.7 Å². The Balaban J connectivity index is 2.85. The van der Waals surface area contributed by atoms with Crippen molar-refractivity contribution in [1.29, 1.82) is 0 Å².